The molecule has 1 aliphatic rings. The van der Waals surface area contributed by atoms with E-state index in [-0.39, 0.29) is 23.9 Å². The van der Waals surface area contributed by atoms with Crippen LogP contribution in [0.1, 0.15) is 28.3 Å². The number of nitrogens with zero attached hydrogens (tertiary/aromatic N) is 2. The number of carbonyl (C=O) groups excluding carboxylic acids is 2. The second-order valence-electron chi connectivity index (χ2n) is 7.33. The maximum absolute atomic E-state index is 13.1. The lowest BCUT2D eigenvalue weighted by atomic mass is 9.99. The predicted molar refractivity (Wildman–Crippen MR) is 115 cm³/mol. The van der Waals surface area contributed by atoms with E-state index in [0.717, 1.165) is 4.88 Å². The van der Waals surface area contributed by atoms with E-state index in [1.54, 1.807) is 47.7 Å². The molecular formula is C23H22N2O4S. The van der Waals surface area contributed by atoms with Crippen molar-refractivity contribution in [2.75, 3.05) is 20.6 Å². The van der Waals surface area contributed by atoms with Gasteiger partial charge in [0.2, 0.25) is 0 Å². The summed E-state index contributed by atoms with van der Waals surface area (Å²) in [4.78, 5) is 30.7. The smallest absolute Gasteiger partial charge is 0.295 e. The molecule has 1 aliphatic heterocycles. The molecular weight excluding hydrogens is 400 g/mol. The van der Waals surface area contributed by atoms with E-state index < -0.39 is 17.7 Å². The number of hydrogen-bond donors (Lipinski definition) is 1. The molecule has 2 atom stereocenters. The van der Waals surface area contributed by atoms with Crippen molar-refractivity contribution in [3.05, 3.63) is 88.0 Å². The van der Waals surface area contributed by atoms with Crippen molar-refractivity contribution in [2.24, 2.45) is 0 Å². The van der Waals surface area contributed by atoms with Crippen LogP contribution < -0.4 is 0 Å². The van der Waals surface area contributed by atoms with E-state index in [0.29, 0.717) is 11.3 Å². The Kier molecular flexibility index (Phi) is 5.57. The second-order valence-corrected chi connectivity index (χ2v) is 8.31. The monoisotopic (exact) mass is 422 g/mol. The molecule has 1 aromatic carbocycles. The first-order valence-corrected chi connectivity index (χ1v) is 10.4. The summed E-state index contributed by atoms with van der Waals surface area (Å²) in [5.74, 6) is -1.11. The number of hydrogen-bond acceptors (Lipinski definition) is 6. The minimum absolute atomic E-state index is 0.0461. The molecule has 154 valence electrons. The highest BCUT2D eigenvalue weighted by Gasteiger charge is 2.48. The fraction of sp³-hybridized carbons (Fsp3) is 0.217. The number of furan rings is 1. The van der Waals surface area contributed by atoms with Crippen molar-refractivity contribution in [3.8, 4) is 0 Å². The van der Waals surface area contributed by atoms with Crippen LogP contribution in [0.15, 0.2) is 76.2 Å². The van der Waals surface area contributed by atoms with Gasteiger partial charge >= 0.3 is 0 Å². The highest BCUT2D eigenvalue weighted by Crippen LogP contribution is 2.41. The summed E-state index contributed by atoms with van der Waals surface area (Å²) in [6.07, 6.45) is 1.50. The third-order valence-corrected chi connectivity index (χ3v) is 6.24. The lowest BCUT2D eigenvalue weighted by Crippen LogP contribution is -2.37. The van der Waals surface area contributed by atoms with Crippen molar-refractivity contribution in [2.45, 2.75) is 12.1 Å². The van der Waals surface area contributed by atoms with E-state index in [9.17, 15) is 14.7 Å². The summed E-state index contributed by atoms with van der Waals surface area (Å²) in [5.41, 5.74) is 0.527. The van der Waals surface area contributed by atoms with Gasteiger partial charge in [0.25, 0.3) is 11.7 Å². The standard InChI is InChI=1S/C23H22N2O4S/c1-24(2)16(18-11-7-13-30-18)14-25-20(17-10-6-12-29-17)19(22(27)23(25)28)21(26)15-8-4-3-5-9-15/h3-13,16,20,26H,14H2,1-2H3/b21-19-. The average Bonchev–Trinajstić information content (AvgIpc) is 3.50. The minimum atomic E-state index is -0.789. The molecule has 4 rings (SSSR count). The van der Waals surface area contributed by atoms with Crippen LogP contribution in [0.5, 0.6) is 0 Å². The van der Waals surface area contributed by atoms with Gasteiger partial charge in [0, 0.05) is 17.0 Å². The van der Waals surface area contributed by atoms with Crippen molar-refractivity contribution in [3.63, 3.8) is 0 Å². The van der Waals surface area contributed by atoms with Crippen LogP contribution in [0.3, 0.4) is 0 Å². The number of likely N-dealkylation sites (tertiary alicyclic amines) is 1. The molecule has 0 spiro atoms. The van der Waals surface area contributed by atoms with Crippen molar-refractivity contribution < 1.29 is 19.1 Å². The predicted octanol–water partition coefficient (Wildman–Crippen LogP) is 4.07. The first-order valence-electron chi connectivity index (χ1n) is 9.56. The van der Waals surface area contributed by atoms with Gasteiger partial charge in [0.15, 0.2) is 0 Å². The number of aliphatic hydroxyl groups is 1. The van der Waals surface area contributed by atoms with Gasteiger partial charge in [-0.1, -0.05) is 36.4 Å². The molecule has 1 saturated heterocycles. The molecule has 2 aromatic heterocycles. The van der Waals surface area contributed by atoms with E-state index in [2.05, 4.69) is 0 Å². The Balaban J connectivity index is 1.80. The maximum atomic E-state index is 13.1. The zero-order valence-corrected chi connectivity index (χ0v) is 17.5. The average molecular weight is 423 g/mol. The molecule has 1 N–H and O–H groups in total. The van der Waals surface area contributed by atoms with Crippen molar-refractivity contribution >= 4 is 28.8 Å². The lowest BCUT2D eigenvalue weighted by Gasteiger charge is -2.31. The highest BCUT2D eigenvalue weighted by molar-refractivity contribution is 7.10. The van der Waals surface area contributed by atoms with Gasteiger partial charge in [-0.3, -0.25) is 9.59 Å². The number of Topliss-reactive ketones (excluding diaryl/α,β-unsaturated/α-hetero) is 1. The molecule has 6 nitrogen and oxygen atoms in total. The lowest BCUT2D eigenvalue weighted by molar-refractivity contribution is -0.140. The maximum Gasteiger partial charge on any atom is 0.295 e. The van der Waals surface area contributed by atoms with Crippen LogP contribution in [-0.2, 0) is 9.59 Å². The van der Waals surface area contributed by atoms with Crippen LogP contribution in [0.4, 0.5) is 0 Å². The van der Waals surface area contributed by atoms with Gasteiger partial charge in [0.05, 0.1) is 17.9 Å². The minimum Gasteiger partial charge on any atom is -0.507 e. The van der Waals surface area contributed by atoms with Crippen LogP contribution >= 0.6 is 11.3 Å². The number of carbonyl (C=O) groups is 2. The Bertz CT molecular complexity index is 1060. The topological polar surface area (TPSA) is 74.0 Å². The van der Waals surface area contributed by atoms with Gasteiger partial charge in [-0.2, -0.15) is 0 Å². The number of likely N-dealkylation sites (N-methyl/N-ethyl adjacent to an activating group) is 1. The van der Waals surface area contributed by atoms with Crippen LogP contribution in [0.25, 0.3) is 5.76 Å². The fourth-order valence-corrected chi connectivity index (χ4v) is 4.65. The van der Waals surface area contributed by atoms with E-state index in [1.165, 1.54) is 11.2 Å². The van der Waals surface area contributed by atoms with Gasteiger partial charge in [-0.05, 0) is 37.7 Å². The van der Waals surface area contributed by atoms with Gasteiger partial charge in [-0.25, -0.2) is 0 Å². The molecule has 0 bridgehead atoms. The van der Waals surface area contributed by atoms with Crippen LogP contribution in [0.2, 0.25) is 0 Å². The molecule has 1 fully saturated rings. The Morgan fingerprint density at radius 1 is 1.13 bits per heavy atom. The van der Waals surface area contributed by atoms with Gasteiger partial charge < -0.3 is 19.3 Å². The number of aliphatic hydroxyl groups excluding tert-OH is 1. The number of rotatable bonds is 6. The number of amides is 1. The zero-order valence-electron chi connectivity index (χ0n) is 16.7. The van der Waals surface area contributed by atoms with Gasteiger partial charge in [-0.15, -0.1) is 11.3 Å². The van der Waals surface area contributed by atoms with E-state index >= 15 is 0 Å². The Hall–Kier alpha value is -3.16. The summed E-state index contributed by atoms with van der Waals surface area (Å²) in [6.45, 7) is 0.287. The Labute approximate surface area is 178 Å². The zero-order chi connectivity index (χ0) is 21.3. The first kappa shape index (κ1) is 20.1. The summed E-state index contributed by atoms with van der Waals surface area (Å²) < 4.78 is 5.59. The molecule has 7 heteroatoms. The molecule has 1 amide bonds. The largest absolute Gasteiger partial charge is 0.507 e. The SMILES string of the molecule is CN(C)C(CN1C(=O)C(=O)/C(=C(\O)c2ccccc2)C1c1ccco1)c1cccs1. The third-order valence-electron chi connectivity index (χ3n) is 5.26. The second kappa shape index (κ2) is 8.30. The van der Waals surface area contributed by atoms with Crippen molar-refractivity contribution in [1.29, 1.82) is 0 Å². The number of ketones is 1. The molecule has 0 aliphatic carbocycles. The molecule has 30 heavy (non-hydrogen) atoms. The summed E-state index contributed by atoms with van der Waals surface area (Å²) >= 11 is 1.60. The van der Waals surface area contributed by atoms with Crippen LogP contribution in [-0.4, -0.2) is 47.2 Å². The summed E-state index contributed by atoms with van der Waals surface area (Å²) in [6, 6.07) is 15.3. The molecule has 0 radical (unpaired) electrons. The fourth-order valence-electron chi connectivity index (χ4n) is 3.74. The van der Waals surface area contributed by atoms with E-state index in [1.807, 2.05) is 42.6 Å². The van der Waals surface area contributed by atoms with Crippen molar-refractivity contribution in [1.82, 2.24) is 9.80 Å². The molecule has 2 unspecified atom stereocenters. The highest BCUT2D eigenvalue weighted by atomic mass is 32.1. The Morgan fingerprint density at radius 2 is 1.90 bits per heavy atom. The van der Waals surface area contributed by atoms with E-state index in [4.69, 9.17) is 4.42 Å². The summed E-state index contributed by atoms with van der Waals surface area (Å²) in [7, 11) is 3.87. The van der Waals surface area contributed by atoms with Gasteiger partial charge in [0.1, 0.15) is 17.6 Å². The molecule has 3 heterocycles. The van der Waals surface area contributed by atoms with Crippen LogP contribution in [0, 0.1) is 0 Å². The number of thiophene rings is 1. The quantitative estimate of drug-likeness (QED) is 0.368. The normalized spacial score (nSPS) is 19.6. The molecule has 0 saturated carbocycles. The first-order chi connectivity index (χ1) is 14.5. The Morgan fingerprint density at radius 3 is 2.50 bits per heavy atom. The summed E-state index contributed by atoms with van der Waals surface area (Å²) in [5, 5.41) is 12.9. The molecule has 3 aromatic rings. The third kappa shape index (κ3) is 3.58. The number of benzene rings is 1.